The molecule has 5 heteroatoms. The first-order valence-corrected chi connectivity index (χ1v) is 5.89. The Bertz CT molecular complexity index is 434. The summed E-state index contributed by atoms with van der Waals surface area (Å²) in [6.07, 6.45) is 2.23. The van der Waals surface area contributed by atoms with Crippen molar-refractivity contribution in [2.75, 3.05) is 17.7 Å². The maximum atomic E-state index is 11.1. The van der Waals surface area contributed by atoms with Crippen LogP contribution in [0.3, 0.4) is 0 Å². The number of nitro benzene ring substituents is 1. The monoisotopic (exact) mass is 235 g/mol. The lowest BCUT2D eigenvalue weighted by molar-refractivity contribution is -0.383. The summed E-state index contributed by atoms with van der Waals surface area (Å²) in [5.41, 5.74) is 1.30. The number of hydrogen-bond donors (Lipinski definition) is 2. The predicted molar refractivity (Wildman–Crippen MR) is 68.5 cm³/mol. The Kier molecular flexibility index (Phi) is 3.17. The molecule has 0 aliphatic heterocycles. The van der Waals surface area contributed by atoms with E-state index in [0.717, 1.165) is 12.8 Å². The summed E-state index contributed by atoms with van der Waals surface area (Å²) in [6, 6.07) is 5.70. The van der Waals surface area contributed by atoms with E-state index in [2.05, 4.69) is 17.6 Å². The Morgan fingerprint density at radius 2 is 2.18 bits per heavy atom. The van der Waals surface area contributed by atoms with Gasteiger partial charge in [0.25, 0.3) is 0 Å². The third-order valence-electron chi connectivity index (χ3n) is 3.28. The van der Waals surface area contributed by atoms with Crippen molar-refractivity contribution < 1.29 is 4.92 Å². The van der Waals surface area contributed by atoms with Crippen molar-refractivity contribution in [1.82, 2.24) is 0 Å². The van der Waals surface area contributed by atoms with Gasteiger partial charge in [-0.2, -0.15) is 0 Å². The third-order valence-corrected chi connectivity index (χ3v) is 3.28. The molecule has 0 saturated heterocycles. The Balaban J connectivity index is 2.24. The molecule has 5 nitrogen and oxygen atoms in total. The third kappa shape index (κ3) is 2.33. The zero-order valence-electron chi connectivity index (χ0n) is 10.1. The fourth-order valence-electron chi connectivity index (χ4n) is 2.13. The van der Waals surface area contributed by atoms with Gasteiger partial charge in [0.15, 0.2) is 0 Å². The maximum Gasteiger partial charge on any atom is 0.315 e. The molecule has 0 bridgehead atoms. The first-order chi connectivity index (χ1) is 8.17. The summed E-state index contributed by atoms with van der Waals surface area (Å²) >= 11 is 0. The van der Waals surface area contributed by atoms with Gasteiger partial charge in [0.05, 0.1) is 4.92 Å². The lowest BCUT2D eigenvalue weighted by Crippen LogP contribution is -2.08. The quantitative estimate of drug-likeness (QED) is 0.608. The molecule has 2 atom stereocenters. The highest BCUT2D eigenvalue weighted by molar-refractivity contribution is 5.76. The van der Waals surface area contributed by atoms with Crippen LogP contribution in [-0.2, 0) is 0 Å². The second-order valence-corrected chi connectivity index (χ2v) is 4.36. The molecule has 1 aromatic carbocycles. The molecule has 2 rings (SSSR count). The fourth-order valence-corrected chi connectivity index (χ4v) is 2.13. The summed E-state index contributed by atoms with van der Waals surface area (Å²) in [4.78, 5) is 10.7. The zero-order chi connectivity index (χ0) is 12.4. The molecule has 1 aliphatic carbocycles. The average molecular weight is 235 g/mol. The van der Waals surface area contributed by atoms with Crippen LogP contribution in [0.25, 0.3) is 0 Å². The standard InChI is InChI=1S/C12H17N3O2/c1-3-8-7-11(8)14-10-6-4-5-9(13-2)12(10)15(16)17/h4-6,8,11,13-14H,3,7H2,1-2H3. The first-order valence-electron chi connectivity index (χ1n) is 5.89. The van der Waals surface area contributed by atoms with Crippen molar-refractivity contribution in [2.24, 2.45) is 5.92 Å². The smallest absolute Gasteiger partial charge is 0.315 e. The molecule has 92 valence electrons. The number of benzene rings is 1. The number of hydrogen-bond acceptors (Lipinski definition) is 4. The largest absolute Gasteiger partial charge is 0.382 e. The molecule has 1 fully saturated rings. The van der Waals surface area contributed by atoms with Gasteiger partial charge in [0, 0.05) is 13.1 Å². The lowest BCUT2D eigenvalue weighted by atomic mass is 10.2. The highest BCUT2D eigenvalue weighted by atomic mass is 16.6. The van der Waals surface area contributed by atoms with Gasteiger partial charge in [-0.1, -0.05) is 19.4 Å². The van der Waals surface area contributed by atoms with Crippen molar-refractivity contribution in [3.05, 3.63) is 28.3 Å². The van der Waals surface area contributed by atoms with Crippen LogP contribution in [0.1, 0.15) is 19.8 Å². The molecule has 1 saturated carbocycles. The molecule has 17 heavy (non-hydrogen) atoms. The average Bonchev–Trinajstić information content (AvgIpc) is 3.06. The molecule has 2 N–H and O–H groups in total. The minimum atomic E-state index is -0.336. The van der Waals surface area contributed by atoms with Gasteiger partial charge in [0.1, 0.15) is 11.4 Å². The summed E-state index contributed by atoms with van der Waals surface area (Å²) in [6.45, 7) is 2.14. The number of anilines is 2. The molecule has 0 heterocycles. The van der Waals surface area contributed by atoms with Gasteiger partial charge in [-0.15, -0.1) is 0 Å². The fraction of sp³-hybridized carbons (Fsp3) is 0.500. The minimum absolute atomic E-state index is 0.136. The molecular formula is C12H17N3O2. The molecule has 0 amide bonds. The molecule has 0 radical (unpaired) electrons. The number of rotatable bonds is 5. The Labute approximate surface area is 100 Å². The van der Waals surface area contributed by atoms with Crippen LogP contribution in [0.4, 0.5) is 17.1 Å². The number of para-hydroxylation sites is 1. The maximum absolute atomic E-state index is 11.1. The number of nitrogens with one attached hydrogen (secondary N) is 2. The Morgan fingerprint density at radius 3 is 2.71 bits per heavy atom. The van der Waals surface area contributed by atoms with Gasteiger partial charge in [-0.25, -0.2) is 0 Å². The highest BCUT2D eigenvalue weighted by Gasteiger charge is 2.36. The van der Waals surface area contributed by atoms with Crippen molar-refractivity contribution in [2.45, 2.75) is 25.8 Å². The topological polar surface area (TPSA) is 67.2 Å². The van der Waals surface area contributed by atoms with Crippen molar-refractivity contribution >= 4 is 17.1 Å². The number of nitro groups is 1. The molecule has 1 aliphatic rings. The van der Waals surface area contributed by atoms with Crippen molar-refractivity contribution in [3.63, 3.8) is 0 Å². The van der Waals surface area contributed by atoms with Crippen LogP contribution in [0.2, 0.25) is 0 Å². The zero-order valence-corrected chi connectivity index (χ0v) is 10.1. The lowest BCUT2D eigenvalue weighted by Gasteiger charge is -2.09. The molecule has 0 aromatic heterocycles. The normalized spacial score (nSPS) is 22.0. The Hall–Kier alpha value is -1.78. The predicted octanol–water partition coefficient (Wildman–Crippen LogP) is 2.85. The van der Waals surface area contributed by atoms with Crippen molar-refractivity contribution in [3.8, 4) is 0 Å². The van der Waals surface area contributed by atoms with Crippen LogP contribution >= 0.6 is 0 Å². The number of nitrogens with zero attached hydrogens (tertiary/aromatic N) is 1. The van der Waals surface area contributed by atoms with Crippen LogP contribution in [0.15, 0.2) is 18.2 Å². The van der Waals surface area contributed by atoms with E-state index in [1.165, 1.54) is 0 Å². The molecule has 0 spiro atoms. The molecule has 1 aromatic rings. The van der Waals surface area contributed by atoms with E-state index >= 15 is 0 Å². The van der Waals surface area contributed by atoms with Gasteiger partial charge < -0.3 is 10.6 Å². The van der Waals surface area contributed by atoms with Crippen LogP contribution < -0.4 is 10.6 Å². The van der Waals surface area contributed by atoms with Gasteiger partial charge in [-0.3, -0.25) is 10.1 Å². The SMILES string of the molecule is CCC1CC1Nc1cccc(NC)c1[N+](=O)[O-]. The van der Waals surface area contributed by atoms with Crippen LogP contribution in [0, 0.1) is 16.0 Å². The van der Waals surface area contributed by atoms with Crippen LogP contribution in [-0.4, -0.2) is 18.0 Å². The minimum Gasteiger partial charge on any atom is -0.382 e. The molecule has 2 unspecified atom stereocenters. The van der Waals surface area contributed by atoms with Crippen LogP contribution in [0.5, 0.6) is 0 Å². The van der Waals surface area contributed by atoms with E-state index in [9.17, 15) is 10.1 Å². The Morgan fingerprint density at radius 1 is 1.47 bits per heavy atom. The van der Waals surface area contributed by atoms with E-state index in [1.54, 1.807) is 19.2 Å². The van der Waals surface area contributed by atoms with Gasteiger partial charge in [-0.05, 0) is 24.5 Å². The van der Waals surface area contributed by atoms with Crippen molar-refractivity contribution in [1.29, 1.82) is 0 Å². The second-order valence-electron chi connectivity index (χ2n) is 4.36. The van der Waals surface area contributed by atoms with E-state index in [4.69, 9.17) is 0 Å². The second kappa shape index (κ2) is 4.61. The van der Waals surface area contributed by atoms with E-state index in [1.807, 2.05) is 6.07 Å². The van der Waals surface area contributed by atoms with E-state index < -0.39 is 0 Å². The summed E-state index contributed by atoms with van der Waals surface area (Å²) < 4.78 is 0. The van der Waals surface area contributed by atoms with E-state index in [-0.39, 0.29) is 10.6 Å². The van der Waals surface area contributed by atoms with Gasteiger partial charge in [0.2, 0.25) is 0 Å². The summed E-state index contributed by atoms with van der Waals surface area (Å²) in [5, 5.41) is 17.2. The highest BCUT2D eigenvalue weighted by Crippen LogP contribution is 2.40. The van der Waals surface area contributed by atoms with E-state index in [0.29, 0.717) is 23.3 Å². The summed E-state index contributed by atoms with van der Waals surface area (Å²) in [7, 11) is 1.69. The summed E-state index contributed by atoms with van der Waals surface area (Å²) in [5.74, 6) is 0.660. The van der Waals surface area contributed by atoms with Gasteiger partial charge >= 0.3 is 5.69 Å². The first kappa shape index (κ1) is 11.7. The molecular weight excluding hydrogens is 218 g/mol.